The molecule has 0 fully saturated rings. The number of nitrogens with zero attached hydrogens (tertiary/aromatic N) is 4. The summed E-state index contributed by atoms with van der Waals surface area (Å²) in [4.78, 5) is 0. The van der Waals surface area contributed by atoms with Gasteiger partial charge in [0.1, 0.15) is 0 Å². The highest BCUT2D eigenvalue weighted by atomic mass is 35.5. The van der Waals surface area contributed by atoms with Crippen molar-refractivity contribution in [2.75, 3.05) is 18.9 Å². The number of hydrogen-bond acceptors (Lipinski definition) is 5. The van der Waals surface area contributed by atoms with Crippen LogP contribution in [-0.2, 0) is 4.74 Å². The molecule has 1 aromatic heterocycles. The summed E-state index contributed by atoms with van der Waals surface area (Å²) in [6.07, 6.45) is 0. The molecule has 0 aliphatic heterocycles. The summed E-state index contributed by atoms with van der Waals surface area (Å²) in [5.41, 5.74) is 7.17. The Morgan fingerprint density at radius 3 is 3.00 bits per heavy atom. The molecule has 1 heterocycles. The Hall–Kier alpha value is -1.66. The van der Waals surface area contributed by atoms with Crippen LogP contribution in [0.4, 0.5) is 5.69 Å². The van der Waals surface area contributed by atoms with Crippen LogP contribution in [0.15, 0.2) is 18.2 Å². The van der Waals surface area contributed by atoms with E-state index in [9.17, 15) is 0 Å². The number of nitrogens with two attached hydrogens (primary N) is 1. The summed E-state index contributed by atoms with van der Waals surface area (Å²) < 4.78 is 7.08. The highest BCUT2D eigenvalue weighted by molar-refractivity contribution is 6.33. The van der Waals surface area contributed by atoms with E-state index in [1.807, 2.05) is 26.0 Å². The van der Waals surface area contributed by atoms with E-state index in [-0.39, 0.29) is 6.04 Å². The summed E-state index contributed by atoms with van der Waals surface area (Å²) in [6.45, 7) is 5.12. The largest absolute Gasteiger partial charge is 0.397 e. The second-order valence-corrected chi connectivity index (χ2v) is 4.56. The first kappa shape index (κ1) is 13.8. The fourth-order valence-electron chi connectivity index (χ4n) is 1.76. The number of nitrogen functional groups attached to an aromatic ring is 1. The highest BCUT2D eigenvalue weighted by Gasteiger charge is 2.17. The van der Waals surface area contributed by atoms with E-state index in [0.717, 1.165) is 5.56 Å². The Labute approximate surface area is 116 Å². The van der Waals surface area contributed by atoms with Gasteiger partial charge in [-0.3, -0.25) is 0 Å². The molecular formula is C12H16ClN5O. The van der Waals surface area contributed by atoms with Crippen molar-refractivity contribution in [2.24, 2.45) is 0 Å². The summed E-state index contributed by atoms with van der Waals surface area (Å²) in [6, 6.07) is 5.41. The number of tetrazole rings is 1. The van der Waals surface area contributed by atoms with E-state index in [1.54, 1.807) is 10.7 Å². The minimum atomic E-state index is 0.0170. The average molecular weight is 282 g/mol. The van der Waals surface area contributed by atoms with Gasteiger partial charge in [0, 0.05) is 12.2 Å². The molecule has 0 aliphatic carbocycles. The van der Waals surface area contributed by atoms with Gasteiger partial charge in [-0.15, -0.1) is 5.10 Å². The van der Waals surface area contributed by atoms with Crippen LogP contribution < -0.4 is 5.73 Å². The van der Waals surface area contributed by atoms with Crippen molar-refractivity contribution in [2.45, 2.75) is 19.9 Å². The molecule has 6 nitrogen and oxygen atoms in total. The van der Waals surface area contributed by atoms with Gasteiger partial charge in [-0.05, 0) is 36.4 Å². The first-order valence-electron chi connectivity index (χ1n) is 6.05. The van der Waals surface area contributed by atoms with Crippen LogP contribution in [0.1, 0.15) is 19.9 Å². The lowest BCUT2D eigenvalue weighted by atomic mass is 10.1. The van der Waals surface area contributed by atoms with Gasteiger partial charge in [0.05, 0.1) is 23.4 Å². The van der Waals surface area contributed by atoms with Crippen LogP contribution in [0.25, 0.3) is 11.4 Å². The van der Waals surface area contributed by atoms with Crippen LogP contribution in [0, 0.1) is 0 Å². The topological polar surface area (TPSA) is 78.8 Å². The number of aromatic nitrogens is 4. The van der Waals surface area contributed by atoms with E-state index in [1.165, 1.54) is 0 Å². The number of halogens is 1. The number of ether oxygens (including phenoxy) is 1. The predicted octanol–water partition coefficient (Wildman–Crippen LogP) is 2.17. The first-order valence-corrected chi connectivity index (χ1v) is 6.43. The lowest BCUT2D eigenvalue weighted by Crippen LogP contribution is -2.15. The SMILES string of the molecule is CCOCC(C)n1nnnc1-c1cccc(Cl)c1N. The fraction of sp³-hybridized carbons (Fsp3) is 0.417. The van der Waals surface area contributed by atoms with Gasteiger partial charge >= 0.3 is 0 Å². The van der Waals surface area contributed by atoms with E-state index >= 15 is 0 Å². The summed E-state index contributed by atoms with van der Waals surface area (Å²) in [7, 11) is 0. The van der Waals surface area contributed by atoms with Gasteiger partial charge in [-0.1, -0.05) is 17.7 Å². The number of benzene rings is 1. The van der Waals surface area contributed by atoms with E-state index in [2.05, 4.69) is 15.5 Å². The Morgan fingerprint density at radius 2 is 2.26 bits per heavy atom. The summed E-state index contributed by atoms with van der Waals surface area (Å²) >= 11 is 6.02. The normalized spacial score (nSPS) is 12.6. The van der Waals surface area contributed by atoms with Gasteiger partial charge in [0.15, 0.2) is 5.82 Å². The fourth-order valence-corrected chi connectivity index (χ4v) is 1.93. The predicted molar refractivity (Wildman–Crippen MR) is 73.9 cm³/mol. The molecule has 0 aliphatic rings. The Morgan fingerprint density at radius 1 is 1.47 bits per heavy atom. The molecule has 2 rings (SSSR count). The highest BCUT2D eigenvalue weighted by Crippen LogP contribution is 2.30. The van der Waals surface area contributed by atoms with Gasteiger partial charge in [-0.25, -0.2) is 4.68 Å². The van der Waals surface area contributed by atoms with Gasteiger partial charge in [0.25, 0.3) is 0 Å². The lowest BCUT2D eigenvalue weighted by molar-refractivity contribution is 0.115. The zero-order valence-electron chi connectivity index (χ0n) is 10.9. The van der Waals surface area contributed by atoms with Crippen LogP contribution in [-0.4, -0.2) is 33.4 Å². The van der Waals surface area contributed by atoms with Crippen LogP contribution in [0.2, 0.25) is 5.02 Å². The minimum Gasteiger partial charge on any atom is -0.397 e. The third kappa shape index (κ3) is 2.85. The molecule has 0 saturated heterocycles. The van der Waals surface area contributed by atoms with Crippen molar-refractivity contribution in [1.82, 2.24) is 20.2 Å². The third-order valence-corrected chi connectivity index (χ3v) is 3.10. The van der Waals surface area contributed by atoms with Crippen molar-refractivity contribution in [3.8, 4) is 11.4 Å². The maximum absolute atomic E-state index is 6.02. The second kappa shape index (κ2) is 5.99. The van der Waals surface area contributed by atoms with Gasteiger partial charge in [-0.2, -0.15) is 0 Å². The van der Waals surface area contributed by atoms with Crippen molar-refractivity contribution in [3.63, 3.8) is 0 Å². The van der Waals surface area contributed by atoms with Crippen molar-refractivity contribution in [3.05, 3.63) is 23.2 Å². The van der Waals surface area contributed by atoms with Gasteiger partial charge < -0.3 is 10.5 Å². The molecule has 0 saturated carbocycles. The molecule has 2 N–H and O–H groups in total. The van der Waals surface area contributed by atoms with E-state index in [4.69, 9.17) is 22.1 Å². The number of anilines is 1. The Bertz CT molecular complexity index is 557. The molecule has 1 atom stereocenters. The maximum Gasteiger partial charge on any atom is 0.184 e. The standard InChI is InChI=1S/C12H16ClN5O/c1-3-19-7-8(2)18-12(15-16-17-18)9-5-4-6-10(13)11(9)14/h4-6,8H,3,7,14H2,1-2H3. The zero-order valence-corrected chi connectivity index (χ0v) is 11.6. The van der Waals surface area contributed by atoms with E-state index < -0.39 is 0 Å². The Balaban J connectivity index is 2.36. The molecule has 19 heavy (non-hydrogen) atoms. The van der Waals surface area contributed by atoms with Crippen molar-refractivity contribution >= 4 is 17.3 Å². The van der Waals surface area contributed by atoms with Crippen LogP contribution in [0.5, 0.6) is 0 Å². The lowest BCUT2D eigenvalue weighted by Gasteiger charge is -2.14. The first-order chi connectivity index (χ1) is 9.15. The zero-order chi connectivity index (χ0) is 13.8. The van der Waals surface area contributed by atoms with Crippen molar-refractivity contribution in [1.29, 1.82) is 0 Å². The number of hydrogen-bond donors (Lipinski definition) is 1. The van der Waals surface area contributed by atoms with E-state index in [0.29, 0.717) is 29.7 Å². The number of rotatable bonds is 5. The molecular weight excluding hydrogens is 266 g/mol. The summed E-state index contributed by atoms with van der Waals surface area (Å²) in [5, 5.41) is 12.2. The quantitative estimate of drug-likeness (QED) is 0.850. The average Bonchev–Trinajstić information content (AvgIpc) is 2.88. The molecule has 1 aromatic carbocycles. The van der Waals surface area contributed by atoms with Gasteiger partial charge in [0.2, 0.25) is 0 Å². The molecule has 0 spiro atoms. The maximum atomic E-state index is 6.02. The molecule has 0 amide bonds. The second-order valence-electron chi connectivity index (χ2n) is 4.16. The summed E-state index contributed by atoms with van der Waals surface area (Å²) in [5.74, 6) is 0.590. The molecule has 0 bridgehead atoms. The molecule has 7 heteroatoms. The Kier molecular flexibility index (Phi) is 4.34. The molecule has 0 radical (unpaired) electrons. The van der Waals surface area contributed by atoms with Crippen LogP contribution in [0.3, 0.4) is 0 Å². The van der Waals surface area contributed by atoms with Crippen molar-refractivity contribution < 1.29 is 4.74 Å². The minimum absolute atomic E-state index is 0.0170. The number of para-hydroxylation sites is 1. The monoisotopic (exact) mass is 281 g/mol. The molecule has 102 valence electrons. The molecule has 1 unspecified atom stereocenters. The van der Waals surface area contributed by atoms with Crippen LogP contribution >= 0.6 is 11.6 Å². The molecule has 2 aromatic rings. The third-order valence-electron chi connectivity index (χ3n) is 2.77. The smallest absolute Gasteiger partial charge is 0.184 e.